The number of anilines is 1. The lowest BCUT2D eigenvalue weighted by Gasteiger charge is -2.25. The highest BCUT2D eigenvalue weighted by Crippen LogP contribution is 2.41. The van der Waals surface area contributed by atoms with Crippen LogP contribution in [0.3, 0.4) is 0 Å². The van der Waals surface area contributed by atoms with Crippen LogP contribution in [0.1, 0.15) is 27.6 Å². The Kier molecular flexibility index (Phi) is 6.90. The van der Waals surface area contributed by atoms with Gasteiger partial charge in [-0.2, -0.15) is 0 Å². The molecular weight excluding hydrogens is 420 g/mol. The monoisotopic (exact) mass is 448 g/mol. The molecule has 1 unspecified atom stereocenters. The van der Waals surface area contributed by atoms with Gasteiger partial charge >= 0.3 is 6.03 Å². The SMILES string of the molecule is COc1ccc(C2SCCN2C(=O)Nc2cccc(C)c2C)cc1OCc1ccccc1. The van der Waals surface area contributed by atoms with Crippen molar-refractivity contribution in [2.75, 3.05) is 24.7 Å². The molecule has 2 amide bonds. The molecule has 1 fully saturated rings. The molecule has 0 aliphatic carbocycles. The van der Waals surface area contributed by atoms with E-state index in [1.807, 2.05) is 85.5 Å². The van der Waals surface area contributed by atoms with Crippen LogP contribution >= 0.6 is 11.8 Å². The molecule has 0 aromatic heterocycles. The van der Waals surface area contributed by atoms with Gasteiger partial charge in [-0.1, -0.05) is 48.5 Å². The number of methoxy groups -OCH3 is 1. The Morgan fingerprint density at radius 3 is 2.66 bits per heavy atom. The maximum Gasteiger partial charge on any atom is 0.323 e. The van der Waals surface area contributed by atoms with Crippen LogP contribution in [-0.2, 0) is 6.61 Å². The average molecular weight is 449 g/mol. The molecule has 5 nitrogen and oxygen atoms in total. The van der Waals surface area contributed by atoms with Crippen LogP contribution in [-0.4, -0.2) is 30.3 Å². The van der Waals surface area contributed by atoms with Gasteiger partial charge in [-0.3, -0.25) is 0 Å². The van der Waals surface area contributed by atoms with E-state index in [1.54, 1.807) is 18.9 Å². The van der Waals surface area contributed by atoms with Crippen molar-refractivity contribution in [2.24, 2.45) is 0 Å². The van der Waals surface area contributed by atoms with E-state index in [0.29, 0.717) is 24.7 Å². The van der Waals surface area contributed by atoms with E-state index >= 15 is 0 Å². The summed E-state index contributed by atoms with van der Waals surface area (Å²) in [5.74, 6) is 2.24. The van der Waals surface area contributed by atoms with Crippen LogP contribution in [0.15, 0.2) is 66.7 Å². The Morgan fingerprint density at radius 2 is 1.88 bits per heavy atom. The Bertz CT molecular complexity index is 1090. The molecule has 1 heterocycles. The van der Waals surface area contributed by atoms with Crippen molar-refractivity contribution in [3.63, 3.8) is 0 Å². The number of benzene rings is 3. The molecule has 1 atom stereocenters. The third kappa shape index (κ3) is 4.86. The second-order valence-corrected chi connectivity index (χ2v) is 8.97. The largest absolute Gasteiger partial charge is 0.493 e. The van der Waals surface area contributed by atoms with Gasteiger partial charge in [-0.05, 0) is 54.3 Å². The summed E-state index contributed by atoms with van der Waals surface area (Å²) in [6, 6.07) is 21.8. The predicted molar refractivity (Wildman–Crippen MR) is 131 cm³/mol. The van der Waals surface area contributed by atoms with Gasteiger partial charge < -0.3 is 19.7 Å². The molecule has 4 rings (SSSR count). The molecule has 1 saturated heterocycles. The topological polar surface area (TPSA) is 50.8 Å². The lowest BCUT2D eigenvalue weighted by molar-refractivity contribution is 0.214. The summed E-state index contributed by atoms with van der Waals surface area (Å²) in [6.45, 7) is 5.22. The van der Waals surface area contributed by atoms with E-state index in [-0.39, 0.29) is 11.4 Å². The third-order valence-corrected chi connectivity index (χ3v) is 6.97. The number of amides is 2. The number of hydrogen-bond acceptors (Lipinski definition) is 4. The summed E-state index contributed by atoms with van der Waals surface area (Å²) in [6.07, 6.45) is 0. The standard InChI is InChI=1S/C26H28N2O3S/c1-18-8-7-11-22(19(18)2)27-26(29)28-14-15-32-25(28)21-12-13-23(30-3)24(16-21)31-17-20-9-5-4-6-10-20/h4-13,16,25H,14-15,17H2,1-3H3,(H,27,29). The summed E-state index contributed by atoms with van der Waals surface area (Å²) in [5.41, 5.74) is 5.21. The van der Waals surface area contributed by atoms with Crippen molar-refractivity contribution in [3.8, 4) is 11.5 Å². The van der Waals surface area contributed by atoms with Crippen LogP contribution in [0.25, 0.3) is 0 Å². The summed E-state index contributed by atoms with van der Waals surface area (Å²) in [4.78, 5) is 15.0. The molecular formula is C26H28N2O3S. The summed E-state index contributed by atoms with van der Waals surface area (Å²) < 4.78 is 11.6. The summed E-state index contributed by atoms with van der Waals surface area (Å²) >= 11 is 1.76. The molecule has 0 saturated carbocycles. The van der Waals surface area contributed by atoms with Gasteiger partial charge in [0.15, 0.2) is 11.5 Å². The molecule has 3 aromatic rings. The van der Waals surface area contributed by atoms with Gasteiger partial charge in [0.05, 0.1) is 7.11 Å². The van der Waals surface area contributed by atoms with Crippen LogP contribution in [0.2, 0.25) is 0 Å². The Hall–Kier alpha value is -3.12. The van der Waals surface area contributed by atoms with E-state index in [2.05, 4.69) is 5.32 Å². The average Bonchev–Trinajstić information content (AvgIpc) is 3.31. The molecule has 1 aliphatic heterocycles. The number of nitrogens with zero attached hydrogens (tertiary/aromatic N) is 1. The smallest absolute Gasteiger partial charge is 0.323 e. The van der Waals surface area contributed by atoms with Crippen molar-refractivity contribution < 1.29 is 14.3 Å². The van der Waals surface area contributed by atoms with Crippen molar-refractivity contribution in [1.82, 2.24) is 4.90 Å². The first-order valence-electron chi connectivity index (χ1n) is 10.7. The van der Waals surface area contributed by atoms with E-state index < -0.39 is 0 Å². The number of thioether (sulfide) groups is 1. The van der Waals surface area contributed by atoms with Crippen molar-refractivity contribution in [3.05, 3.63) is 89.0 Å². The summed E-state index contributed by atoms with van der Waals surface area (Å²) in [7, 11) is 1.64. The second-order valence-electron chi connectivity index (χ2n) is 7.78. The molecule has 0 bridgehead atoms. The minimum Gasteiger partial charge on any atom is -0.493 e. The van der Waals surface area contributed by atoms with Gasteiger partial charge in [-0.25, -0.2) is 4.79 Å². The number of ether oxygens (including phenoxy) is 2. The highest BCUT2D eigenvalue weighted by molar-refractivity contribution is 7.99. The van der Waals surface area contributed by atoms with Crippen LogP contribution < -0.4 is 14.8 Å². The van der Waals surface area contributed by atoms with E-state index in [0.717, 1.165) is 33.7 Å². The number of rotatable bonds is 6. The Balaban J connectivity index is 1.52. The molecule has 0 radical (unpaired) electrons. The first kappa shape index (κ1) is 22.1. The minimum atomic E-state index is -0.0868. The van der Waals surface area contributed by atoms with Crippen molar-refractivity contribution in [1.29, 1.82) is 0 Å². The van der Waals surface area contributed by atoms with Crippen molar-refractivity contribution in [2.45, 2.75) is 25.8 Å². The lowest BCUT2D eigenvalue weighted by Crippen LogP contribution is -2.34. The molecule has 1 aliphatic rings. The van der Waals surface area contributed by atoms with Gasteiger partial charge in [0.2, 0.25) is 0 Å². The number of hydrogen-bond donors (Lipinski definition) is 1. The molecule has 1 N–H and O–H groups in total. The van der Waals surface area contributed by atoms with Crippen LogP contribution in [0.4, 0.5) is 10.5 Å². The lowest BCUT2D eigenvalue weighted by atomic mass is 10.1. The zero-order valence-electron chi connectivity index (χ0n) is 18.6. The van der Waals surface area contributed by atoms with Gasteiger partial charge in [-0.15, -0.1) is 11.8 Å². The van der Waals surface area contributed by atoms with Gasteiger partial charge in [0, 0.05) is 18.0 Å². The van der Waals surface area contributed by atoms with Gasteiger partial charge in [0.1, 0.15) is 12.0 Å². The normalized spacial score (nSPS) is 15.5. The first-order chi connectivity index (χ1) is 15.6. The third-order valence-electron chi connectivity index (χ3n) is 5.71. The zero-order valence-corrected chi connectivity index (χ0v) is 19.4. The molecule has 166 valence electrons. The van der Waals surface area contributed by atoms with E-state index in [4.69, 9.17) is 9.47 Å². The first-order valence-corrected chi connectivity index (χ1v) is 11.7. The highest BCUT2D eigenvalue weighted by atomic mass is 32.2. The number of nitrogens with one attached hydrogen (secondary N) is 1. The van der Waals surface area contributed by atoms with Crippen LogP contribution in [0.5, 0.6) is 11.5 Å². The molecule has 6 heteroatoms. The van der Waals surface area contributed by atoms with E-state index in [1.165, 1.54) is 0 Å². The Morgan fingerprint density at radius 1 is 1.06 bits per heavy atom. The van der Waals surface area contributed by atoms with Crippen molar-refractivity contribution >= 4 is 23.5 Å². The zero-order chi connectivity index (χ0) is 22.5. The van der Waals surface area contributed by atoms with Gasteiger partial charge in [0.25, 0.3) is 0 Å². The van der Waals surface area contributed by atoms with Crippen LogP contribution in [0, 0.1) is 13.8 Å². The maximum absolute atomic E-state index is 13.1. The summed E-state index contributed by atoms with van der Waals surface area (Å²) in [5, 5.41) is 3.02. The highest BCUT2D eigenvalue weighted by Gasteiger charge is 2.31. The number of aryl methyl sites for hydroxylation is 1. The fraction of sp³-hybridized carbons (Fsp3) is 0.269. The predicted octanol–water partition coefficient (Wildman–Crippen LogP) is 6.17. The molecule has 3 aromatic carbocycles. The minimum absolute atomic E-state index is 0.0786. The number of carbonyl (C=O) groups excluding carboxylic acids is 1. The number of urea groups is 1. The molecule has 0 spiro atoms. The fourth-order valence-corrected chi connectivity index (χ4v) is 4.97. The molecule has 32 heavy (non-hydrogen) atoms. The maximum atomic E-state index is 13.1. The van der Waals surface area contributed by atoms with E-state index in [9.17, 15) is 4.79 Å². The fourth-order valence-electron chi connectivity index (χ4n) is 3.72. The second kappa shape index (κ2) is 10.0. The number of carbonyl (C=O) groups is 1. The Labute approximate surface area is 193 Å². The quantitative estimate of drug-likeness (QED) is 0.490.